The van der Waals surface area contributed by atoms with Crippen LogP contribution in [0, 0.1) is 24.7 Å². The summed E-state index contributed by atoms with van der Waals surface area (Å²) < 4.78 is 6.04. The molecule has 1 atom stereocenters. The highest BCUT2D eigenvalue weighted by molar-refractivity contribution is 6.18. The molecule has 1 aromatic carbocycles. The minimum atomic E-state index is 0.573. The van der Waals surface area contributed by atoms with E-state index < -0.39 is 0 Å². The first kappa shape index (κ1) is 17.9. The highest BCUT2D eigenvalue weighted by Gasteiger charge is 2.08. The van der Waals surface area contributed by atoms with Crippen LogP contribution in [0.25, 0.3) is 0 Å². The topological polar surface area (TPSA) is 9.23 Å². The Labute approximate surface area is 135 Å². The maximum Gasteiger partial charge on any atom is 0.134 e. The molecule has 0 aromatic heterocycles. The van der Waals surface area contributed by atoms with Gasteiger partial charge in [-0.2, -0.15) is 0 Å². The number of rotatable bonds is 8. The minimum Gasteiger partial charge on any atom is -0.492 e. The van der Waals surface area contributed by atoms with Crippen molar-refractivity contribution in [1.82, 2.24) is 0 Å². The molecular formula is C19H27ClO. The number of aryl methyl sites for hydroxylation is 1. The molecule has 0 amide bonds. The summed E-state index contributed by atoms with van der Waals surface area (Å²) in [5, 5.41) is 0. The van der Waals surface area contributed by atoms with Crippen LogP contribution < -0.4 is 4.74 Å². The smallest absolute Gasteiger partial charge is 0.134 e. The van der Waals surface area contributed by atoms with Crippen molar-refractivity contribution in [2.45, 2.75) is 52.9 Å². The molecule has 0 N–H and O–H groups in total. The van der Waals surface area contributed by atoms with Crippen molar-refractivity contribution in [3.05, 3.63) is 29.3 Å². The van der Waals surface area contributed by atoms with Gasteiger partial charge in [0, 0.05) is 12.3 Å². The normalized spacial score (nSPS) is 11.6. The van der Waals surface area contributed by atoms with Gasteiger partial charge < -0.3 is 4.74 Å². The molecule has 0 heterocycles. The molecule has 0 saturated heterocycles. The lowest BCUT2D eigenvalue weighted by Gasteiger charge is -2.16. The van der Waals surface area contributed by atoms with E-state index >= 15 is 0 Å². The Morgan fingerprint density at radius 1 is 1.29 bits per heavy atom. The van der Waals surface area contributed by atoms with Gasteiger partial charge in [0.2, 0.25) is 0 Å². The Morgan fingerprint density at radius 3 is 2.76 bits per heavy atom. The van der Waals surface area contributed by atoms with Crippen molar-refractivity contribution in [2.24, 2.45) is 5.92 Å². The summed E-state index contributed by atoms with van der Waals surface area (Å²) in [6, 6.07) is 6.20. The van der Waals surface area contributed by atoms with Gasteiger partial charge in [0.1, 0.15) is 5.75 Å². The van der Waals surface area contributed by atoms with Crippen LogP contribution in [-0.2, 0) is 0 Å². The molecule has 0 bridgehead atoms. The molecule has 1 nitrogen and oxygen atoms in total. The first-order valence-corrected chi connectivity index (χ1v) is 8.53. The third kappa shape index (κ3) is 6.91. The zero-order chi connectivity index (χ0) is 15.5. The maximum atomic E-state index is 6.04. The summed E-state index contributed by atoms with van der Waals surface area (Å²) in [5.74, 6) is 8.38. The maximum absolute atomic E-state index is 6.04. The summed E-state index contributed by atoms with van der Waals surface area (Å²) in [6.45, 7) is 7.33. The third-order valence-electron chi connectivity index (χ3n) is 3.60. The lowest BCUT2D eigenvalue weighted by Crippen LogP contribution is -2.11. The zero-order valence-corrected chi connectivity index (χ0v) is 14.3. The molecule has 0 aliphatic carbocycles. The second-order valence-electron chi connectivity index (χ2n) is 5.47. The average molecular weight is 307 g/mol. The van der Waals surface area contributed by atoms with Gasteiger partial charge in [0.15, 0.2) is 0 Å². The van der Waals surface area contributed by atoms with Crippen molar-refractivity contribution >= 4 is 11.6 Å². The molecule has 0 fully saturated rings. The summed E-state index contributed by atoms with van der Waals surface area (Å²) in [7, 11) is 0. The van der Waals surface area contributed by atoms with Crippen LogP contribution in [-0.4, -0.2) is 12.5 Å². The Kier molecular flexibility index (Phi) is 9.02. The zero-order valence-electron chi connectivity index (χ0n) is 13.5. The molecule has 116 valence electrons. The Hall–Kier alpha value is -1.13. The van der Waals surface area contributed by atoms with E-state index in [0.29, 0.717) is 18.2 Å². The standard InChI is InChI=1S/C19H27ClO/c1-4-6-9-17(5-2)15-21-19-12-11-16(3)14-18(19)10-7-8-13-20/h11-12,14,17H,4-6,8-9,13,15H2,1-3H3. The summed E-state index contributed by atoms with van der Waals surface area (Å²) in [6.07, 6.45) is 5.64. The highest BCUT2D eigenvalue weighted by atomic mass is 35.5. The molecule has 0 saturated carbocycles. The summed E-state index contributed by atoms with van der Waals surface area (Å²) >= 11 is 5.68. The average Bonchev–Trinajstić information content (AvgIpc) is 2.49. The van der Waals surface area contributed by atoms with E-state index in [1.165, 1.54) is 31.2 Å². The van der Waals surface area contributed by atoms with Crippen LogP contribution >= 0.6 is 11.6 Å². The highest BCUT2D eigenvalue weighted by Crippen LogP contribution is 2.21. The lowest BCUT2D eigenvalue weighted by atomic mass is 10.0. The third-order valence-corrected chi connectivity index (χ3v) is 3.78. The molecule has 0 radical (unpaired) electrons. The molecule has 0 spiro atoms. The fraction of sp³-hybridized carbons (Fsp3) is 0.579. The predicted molar refractivity (Wildman–Crippen MR) is 92.2 cm³/mol. The number of benzene rings is 1. The fourth-order valence-corrected chi connectivity index (χ4v) is 2.27. The van der Waals surface area contributed by atoms with Gasteiger partial charge in [-0.05, 0) is 37.0 Å². The van der Waals surface area contributed by atoms with E-state index in [0.717, 1.165) is 17.9 Å². The monoisotopic (exact) mass is 306 g/mol. The van der Waals surface area contributed by atoms with E-state index in [-0.39, 0.29) is 0 Å². The number of ether oxygens (including phenoxy) is 1. The molecule has 0 aliphatic heterocycles. The van der Waals surface area contributed by atoms with E-state index in [1.54, 1.807) is 0 Å². The minimum absolute atomic E-state index is 0.573. The van der Waals surface area contributed by atoms with Crippen molar-refractivity contribution in [3.8, 4) is 17.6 Å². The van der Waals surface area contributed by atoms with Crippen LogP contribution in [0.4, 0.5) is 0 Å². The van der Waals surface area contributed by atoms with Crippen LogP contribution in [0.15, 0.2) is 18.2 Å². The lowest BCUT2D eigenvalue weighted by molar-refractivity contribution is 0.233. The van der Waals surface area contributed by atoms with Crippen molar-refractivity contribution in [1.29, 1.82) is 0 Å². The molecule has 0 aliphatic rings. The Balaban J connectivity index is 2.71. The quantitative estimate of drug-likeness (QED) is 0.450. The number of halogens is 1. The number of hydrogen-bond acceptors (Lipinski definition) is 1. The molecule has 21 heavy (non-hydrogen) atoms. The van der Waals surface area contributed by atoms with Gasteiger partial charge in [-0.3, -0.25) is 0 Å². The number of alkyl halides is 1. The van der Waals surface area contributed by atoms with Crippen LogP contribution in [0.3, 0.4) is 0 Å². The van der Waals surface area contributed by atoms with Crippen molar-refractivity contribution in [2.75, 3.05) is 12.5 Å². The van der Waals surface area contributed by atoms with Gasteiger partial charge in [-0.25, -0.2) is 0 Å². The predicted octanol–water partition coefficient (Wildman–Crippen LogP) is 5.57. The van der Waals surface area contributed by atoms with Crippen molar-refractivity contribution in [3.63, 3.8) is 0 Å². The van der Waals surface area contributed by atoms with E-state index in [4.69, 9.17) is 16.3 Å². The molecule has 1 aromatic rings. The molecule has 1 rings (SSSR count). The molecular weight excluding hydrogens is 280 g/mol. The van der Waals surface area contributed by atoms with Crippen LogP contribution in [0.5, 0.6) is 5.75 Å². The number of hydrogen-bond donors (Lipinski definition) is 0. The van der Waals surface area contributed by atoms with Crippen molar-refractivity contribution < 1.29 is 4.74 Å². The van der Waals surface area contributed by atoms with Gasteiger partial charge in [-0.1, -0.05) is 51.0 Å². The van der Waals surface area contributed by atoms with Gasteiger partial charge in [0.05, 0.1) is 12.2 Å². The SMILES string of the molecule is CCCCC(CC)COc1ccc(C)cc1C#CCCCl. The first-order valence-electron chi connectivity index (χ1n) is 7.99. The van der Waals surface area contributed by atoms with Gasteiger partial charge in [-0.15, -0.1) is 11.6 Å². The second kappa shape index (κ2) is 10.6. The Morgan fingerprint density at radius 2 is 2.10 bits per heavy atom. The summed E-state index contributed by atoms with van der Waals surface area (Å²) in [4.78, 5) is 0. The van der Waals surface area contributed by atoms with Gasteiger partial charge in [0.25, 0.3) is 0 Å². The first-order chi connectivity index (χ1) is 10.2. The van der Waals surface area contributed by atoms with E-state index in [2.05, 4.69) is 44.7 Å². The second-order valence-corrected chi connectivity index (χ2v) is 5.85. The van der Waals surface area contributed by atoms with E-state index in [1.807, 2.05) is 6.07 Å². The van der Waals surface area contributed by atoms with Crippen LogP contribution in [0.1, 0.15) is 57.1 Å². The molecule has 1 unspecified atom stereocenters. The van der Waals surface area contributed by atoms with Crippen LogP contribution in [0.2, 0.25) is 0 Å². The summed E-state index contributed by atoms with van der Waals surface area (Å²) in [5.41, 5.74) is 2.18. The largest absolute Gasteiger partial charge is 0.492 e. The van der Waals surface area contributed by atoms with E-state index in [9.17, 15) is 0 Å². The fourth-order valence-electron chi connectivity index (χ4n) is 2.18. The molecule has 2 heteroatoms. The van der Waals surface area contributed by atoms with Gasteiger partial charge >= 0.3 is 0 Å². The number of unbranched alkanes of at least 4 members (excludes halogenated alkanes) is 1. The Bertz CT molecular complexity index is 470.